The van der Waals surface area contributed by atoms with Crippen LogP contribution in [0.2, 0.25) is 0 Å². The minimum Gasteiger partial charge on any atom is -0.481 e. The molecule has 3 atom stereocenters. The number of ether oxygens (including phenoxy) is 1. The molecule has 26 heavy (non-hydrogen) atoms. The quantitative estimate of drug-likeness (QED) is 0.781. The molecule has 6 nitrogen and oxygen atoms in total. The van der Waals surface area contributed by atoms with Gasteiger partial charge in [-0.25, -0.2) is 4.79 Å². The summed E-state index contributed by atoms with van der Waals surface area (Å²) < 4.78 is 4.94. The molecule has 2 aliphatic carbocycles. The Morgan fingerprint density at radius 1 is 1.15 bits per heavy atom. The predicted octanol–water partition coefficient (Wildman–Crippen LogP) is 3.49. The normalized spacial score (nSPS) is 25.2. The van der Waals surface area contributed by atoms with Gasteiger partial charge < -0.3 is 15.2 Å². The van der Waals surface area contributed by atoms with Crippen molar-refractivity contribution in [3.05, 3.63) is 16.0 Å². The van der Waals surface area contributed by atoms with Crippen molar-refractivity contribution in [1.82, 2.24) is 0 Å². The van der Waals surface area contributed by atoms with Gasteiger partial charge in [-0.1, -0.05) is 19.8 Å². The Hall–Kier alpha value is -1.89. The van der Waals surface area contributed by atoms with Gasteiger partial charge in [0.1, 0.15) is 5.00 Å². The lowest BCUT2D eigenvalue weighted by molar-refractivity contribution is -0.147. The van der Waals surface area contributed by atoms with Crippen molar-refractivity contribution in [3.8, 4) is 0 Å². The van der Waals surface area contributed by atoms with Gasteiger partial charge in [0.2, 0.25) is 5.91 Å². The maximum Gasteiger partial charge on any atom is 0.341 e. The SMILES string of the molecule is COC(=O)c1c(NC(=O)[C@@H]2CCCC[C@@H]2C(=O)O)sc2c1CC[C@@H](C)C2. The number of amides is 1. The summed E-state index contributed by atoms with van der Waals surface area (Å²) in [5.41, 5.74) is 1.43. The zero-order chi connectivity index (χ0) is 18.8. The molecule has 7 heteroatoms. The highest BCUT2D eigenvalue weighted by molar-refractivity contribution is 7.17. The molecule has 0 saturated heterocycles. The maximum absolute atomic E-state index is 12.8. The van der Waals surface area contributed by atoms with Crippen LogP contribution in [-0.2, 0) is 27.2 Å². The Morgan fingerprint density at radius 2 is 1.85 bits per heavy atom. The van der Waals surface area contributed by atoms with Gasteiger partial charge in [-0.15, -0.1) is 11.3 Å². The summed E-state index contributed by atoms with van der Waals surface area (Å²) in [4.78, 5) is 37.7. The Balaban J connectivity index is 1.88. The van der Waals surface area contributed by atoms with E-state index in [1.165, 1.54) is 18.4 Å². The lowest BCUT2D eigenvalue weighted by Gasteiger charge is -2.27. The highest BCUT2D eigenvalue weighted by Crippen LogP contribution is 2.41. The average molecular weight is 379 g/mol. The monoisotopic (exact) mass is 379 g/mol. The number of methoxy groups -OCH3 is 1. The second-order valence-electron chi connectivity index (χ2n) is 7.37. The number of rotatable bonds is 4. The largest absolute Gasteiger partial charge is 0.481 e. The van der Waals surface area contributed by atoms with Gasteiger partial charge in [0.25, 0.3) is 0 Å². The lowest BCUT2D eigenvalue weighted by Crippen LogP contribution is -2.36. The number of aliphatic carboxylic acids is 1. The number of carbonyl (C=O) groups excluding carboxylic acids is 2. The molecule has 0 aliphatic heterocycles. The summed E-state index contributed by atoms with van der Waals surface area (Å²) in [5, 5.41) is 12.8. The highest BCUT2D eigenvalue weighted by Gasteiger charge is 2.37. The second kappa shape index (κ2) is 7.78. The Morgan fingerprint density at radius 3 is 2.50 bits per heavy atom. The summed E-state index contributed by atoms with van der Waals surface area (Å²) in [5.74, 6) is -2.31. The molecule has 1 saturated carbocycles. The van der Waals surface area contributed by atoms with Gasteiger partial charge in [0.15, 0.2) is 0 Å². The van der Waals surface area contributed by atoms with Crippen LogP contribution in [0.4, 0.5) is 5.00 Å². The first kappa shape index (κ1) is 18.9. The van der Waals surface area contributed by atoms with Gasteiger partial charge in [-0.2, -0.15) is 0 Å². The molecule has 0 spiro atoms. The van der Waals surface area contributed by atoms with Crippen LogP contribution in [0.1, 0.15) is 59.8 Å². The fourth-order valence-corrected chi connectivity index (χ4v) is 5.50. The van der Waals surface area contributed by atoms with Crippen molar-refractivity contribution < 1.29 is 24.2 Å². The molecule has 0 bridgehead atoms. The number of fused-ring (bicyclic) bond motifs is 1. The molecule has 1 aromatic rings. The summed E-state index contributed by atoms with van der Waals surface area (Å²) in [6, 6.07) is 0. The van der Waals surface area contributed by atoms with E-state index in [0.29, 0.717) is 29.3 Å². The van der Waals surface area contributed by atoms with Crippen LogP contribution in [0.5, 0.6) is 0 Å². The number of anilines is 1. The average Bonchev–Trinajstić information content (AvgIpc) is 2.97. The van der Waals surface area contributed by atoms with E-state index in [1.807, 2.05) is 0 Å². The third kappa shape index (κ3) is 3.63. The third-order valence-corrected chi connectivity index (χ3v) is 6.73. The number of esters is 1. The first-order valence-electron chi connectivity index (χ1n) is 9.18. The van der Waals surface area contributed by atoms with Gasteiger partial charge in [-0.3, -0.25) is 9.59 Å². The number of hydrogen-bond acceptors (Lipinski definition) is 5. The second-order valence-corrected chi connectivity index (χ2v) is 8.48. The van der Waals surface area contributed by atoms with Gasteiger partial charge >= 0.3 is 11.9 Å². The van der Waals surface area contributed by atoms with E-state index in [4.69, 9.17) is 4.74 Å². The van der Waals surface area contributed by atoms with E-state index in [1.54, 1.807) is 0 Å². The minimum absolute atomic E-state index is 0.297. The van der Waals surface area contributed by atoms with Gasteiger partial charge in [0.05, 0.1) is 24.5 Å². The predicted molar refractivity (Wildman–Crippen MR) is 98.6 cm³/mol. The van der Waals surface area contributed by atoms with Crippen LogP contribution in [0.25, 0.3) is 0 Å². The van der Waals surface area contributed by atoms with Crippen molar-refractivity contribution in [2.45, 2.75) is 51.9 Å². The topological polar surface area (TPSA) is 92.7 Å². The minimum atomic E-state index is -0.919. The maximum atomic E-state index is 12.8. The Bertz CT molecular complexity index is 726. The number of nitrogens with one attached hydrogen (secondary N) is 1. The number of thiophene rings is 1. The number of hydrogen-bond donors (Lipinski definition) is 2. The van der Waals surface area contributed by atoms with Crippen molar-refractivity contribution in [2.75, 3.05) is 12.4 Å². The zero-order valence-corrected chi connectivity index (χ0v) is 16.0. The zero-order valence-electron chi connectivity index (χ0n) is 15.2. The molecule has 1 amide bonds. The first-order chi connectivity index (χ1) is 12.4. The molecular weight excluding hydrogens is 354 g/mol. The molecule has 1 heterocycles. The summed E-state index contributed by atoms with van der Waals surface area (Å²) >= 11 is 1.43. The smallest absolute Gasteiger partial charge is 0.341 e. The third-order valence-electron chi connectivity index (χ3n) is 5.56. The molecule has 3 rings (SSSR count). The fraction of sp³-hybridized carbons (Fsp3) is 0.632. The van der Waals surface area contributed by atoms with Crippen LogP contribution in [0.15, 0.2) is 0 Å². The molecule has 0 aromatic carbocycles. The Kier molecular flexibility index (Phi) is 5.65. The van der Waals surface area contributed by atoms with Crippen LogP contribution in [0, 0.1) is 17.8 Å². The van der Waals surface area contributed by atoms with Crippen molar-refractivity contribution in [1.29, 1.82) is 0 Å². The number of carboxylic acid groups (broad SMARTS) is 1. The van der Waals surface area contributed by atoms with Crippen LogP contribution in [-0.4, -0.2) is 30.1 Å². The summed E-state index contributed by atoms with van der Waals surface area (Å²) in [6.45, 7) is 2.18. The van der Waals surface area contributed by atoms with Gasteiger partial charge in [-0.05, 0) is 43.6 Å². The van der Waals surface area contributed by atoms with Gasteiger partial charge in [0, 0.05) is 4.88 Å². The van der Waals surface area contributed by atoms with E-state index in [-0.39, 0.29) is 5.91 Å². The fourth-order valence-electron chi connectivity index (χ4n) is 4.10. The number of carbonyl (C=O) groups is 3. The standard InChI is InChI=1S/C19H25NO5S/c1-10-7-8-13-14(9-10)26-17(15(13)19(24)25-2)20-16(21)11-5-3-4-6-12(11)18(22)23/h10-12H,3-9H2,1-2H3,(H,20,21)(H,22,23)/t10-,11-,12+/m1/s1. The molecule has 0 unspecified atom stereocenters. The van der Waals surface area contributed by atoms with E-state index in [0.717, 1.165) is 42.5 Å². The highest BCUT2D eigenvalue weighted by atomic mass is 32.1. The summed E-state index contributed by atoms with van der Waals surface area (Å²) in [7, 11) is 1.34. The molecule has 2 N–H and O–H groups in total. The van der Waals surface area contributed by atoms with E-state index >= 15 is 0 Å². The van der Waals surface area contributed by atoms with Crippen molar-refractivity contribution >= 4 is 34.2 Å². The molecule has 0 radical (unpaired) electrons. The van der Waals surface area contributed by atoms with Crippen LogP contribution >= 0.6 is 11.3 Å². The van der Waals surface area contributed by atoms with E-state index < -0.39 is 23.8 Å². The molecule has 2 aliphatic rings. The van der Waals surface area contributed by atoms with Crippen LogP contribution < -0.4 is 5.32 Å². The summed E-state index contributed by atoms with van der Waals surface area (Å²) in [6.07, 6.45) is 5.47. The number of carboxylic acids is 1. The lowest BCUT2D eigenvalue weighted by atomic mass is 9.78. The molecular formula is C19H25NO5S. The van der Waals surface area contributed by atoms with Crippen molar-refractivity contribution in [2.24, 2.45) is 17.8 Å². The van der Waals surface area contributed by atoms with E-state index in [2.05, 4.69) is 12.2 Å². The van der Waals surface area contributed by atoms with Crippen molar-refractivity contribution in [3.63, 3.8) is 0 Å². The van der Waals surface area contributed by atoms with Crippen LogP contribution in [0.3, 0.4) is 0 Å². The molecule has 1 fully saturated rings. The first-order valence-corrected chi connectivity index (χ1v) is 10.0. The molecule has 1 aromatic heterocycles. The molecule has 142 valence electrons. The van der Waals surface area contributed by atoms with E-state index in [9.17, 15) is 19.5 Å². The Labute approximate surface area is 156 Å².